The molecule has 1 aliphatic heterocycles. The molecule has 4 heteroatoms. The molecule has 4 nitrogen and oxygen atoms in total. The number of rotatable bonds is 2. The second kappa shape index (κ2) is 4.61. The van der Waals surface area contributed by atoms with E-state index < -0.39 is 0 Å². The summed E-state index contributed by atoms with van der Waals surface area (Å²) in [6, 6.07) is 5.69. The number of nitrogens with one attached hydrogen (secondary N) is 1. The topological polar surface area (TPSA) is 58.4 Å². The van der Waals surface area contributed by atoms with E-state index in [1.54, 1.807) is 0 Å². The predicted molar refractivity (Wildman–Crippen MR) is 73.3 cm³/mol. The summed E-state index contributed by atoms with van der Waals surface area (Å²) in [5.41, 5.74) is 4.99. The average molecular weight is 247 g/mol. The second-order valence-electron chi connectivity index (χ2n) is 5.57. The Balaban J connectivity index is 2.34. The molecule has 0 aromatic heterocycles. The highest BCUT2D eigenvalue weighted by Crippen LogP contribution is 2.31. The van der Waals surface area contributed by atoms with Gasteiger partial charge in [0.05, 0.1) is 11.3 Å². The molecule has 1 aromatic rings. The number of nitrogens with zero attached hydrogens (tertiary/aromatic N) is 1. The first-order valence-corrected chi connectivity index (χ1v) is 6.35. The van der Waals surface area contributed by atoms with Gasteiger partial charge in [0.2, 0.25) is 0 Å². The van der Waals surface area contributed by atoms with E-state index in [4.69, 9.17) is 5.84 Å². The number of amides is 1. The maximum absolute atomic E-state index is 12.6. The maximum Gasteiger partial charge on any atom is 0.256 e. The first kappa shape index (κ1) is 12.9. The minimum Gasteiger partial charge on any atom is -0.333 e. The summed E-state index contributed by atoms with van der Waals surface area (Å²) in [7, 11) is 0. The summed E-state index contributed by atoms with van der Waals surface area (Å²) in [6.07, 6.45) is 2.12. The third-order valence-corrected chi connectivity index (χ3v) is 3.71. The Bertz CT molecular complexity index is 468. The fourth-order valence-corrected chi connectivity index (χ4v) is 2.59. The van der Waals surface area contributed by atoms with Crippen LogP contribution in [-0.4, -0.2) is 22.9 Å². The van der Waals surface area contributed by atoms with Gasteiger partial charge < -0.3 is 10.3 Å². The van der Waals surface area contributed by atoms with Crippen LogP contribution in [0.1, 0.15) is 42.6 Å². The van der Waals surface area contributed by atoms with Crippen molar-refractivity contribution in [1.29, 1.82) is 0 Å². The Labute approximate surface area is 108 Å². The van der Waals surface area contributed by atoms with Crippen LogP contribution in [0.3, 0.4) is 0 Å². The largest absolute Gasteiger partial charge is 0.333 e. The first-order chi connectivity index (χ1) is 8.45. The van der Waals surface area contributed by atoms with Crippen LogP contribution in [0.5, 0.6) is 0 Å². The van der Waals surface area contributed by atoms with E-state index in [-0.39, 0.29) is 11.4 Å². The molecule has 0 atom stereocenters. The molecule has 1 aromatic carbocycles. The van der Waals surface area contributed by atoms with Crippen LogP contribution in [0.2, 0.25) is 0 Å². The summed E-state index contributed by atoms with van der Waals surface area (Å²) in [4.78, 5) is 14.5. The Morgan fingerprint density at radius 2 is 2.17 bits per heavy atom. The molecule has 1 heterocycles. The fraction of sp³-hybridized carbons (Fsp3) is 0.500. The van der Waals surface area contributed by atoms with E-state index in [1.807, 2.05) is 30.0 Å². The number of hydrogen-bond donors (Lipinski definition) is 2. The Kier molecular flexibility index (Phi) is 3.30. The molecule has 2 rings (SSSR count). The van der Waals surface area contributed by atoms with Gasteiger partial charge >= 0.3 is 0 Å². The van der Waals surface area contributed by atoms with E-state index in [0.717, 1.165) is 24.9 Å². The van der Waals surface area contributed by atoms with Gasteiger partial charge in [0.25, 0.3) is 5.91 Å². The molecule has 1 aliphatic rings. The average Bonchev–Trinajstić information content (AvgIpc) is 2.68. The highest BCUT2D eigenvalue weighted by molar-refractivity contribution is 6.00. The van der Waals surface area contributed by atoms with Crippen LogP contribution < -0.4 is 11.3 Å². The molecule has 0 aliphatic carbocycles. The van der Waals surface area contributed by atoms with Crippen molar-refractivity contribution in [3.05, 3.63) is 29.3 Å². The minimum absolute atomic E-state index is 0.0606. The van der Waals surface area contributed by atoms with Gasteiger partial charge in [-0.1, -0.05) is 6.07 Å². The molecular weight excluding hydrogens is 226 g/mol. The molecule has 0 unspecified atom stereocenters. The number of likely N-dealkylation sites (tertiary alicyclic amines) is 1. The lowest BCUT2D eigenvalue weighted by Crippen LogP contribution is -2.43. The summed E-state index contributed by atoms with van der Waals surface area (Å²) in [5, 5.41) is 0. The first-order valence-electron chi connectivity index (χ1n) is 6.35. The lowest BCUT2D eigenvalue weighted by atomic mass is 10.0. The standard InChI is InChI=1S/C14H21N3O/c1-10-5-6-11(12(9-10)16-15)13(18)17-8-4-7-14(17,2)3/h5-6,9,16H,4,7-8,15H2,1-3H3. The fourth-order valence-electron chi connectivity index (χ4n) is 2.59. The number of carbonyl (C=O) groups excluding carboxylic acids is 1. The van der Waals surface area contributed by atoms with E-state index in [9.17, 15) is 4.79 Å². The lowest BCUT2D eigenvalue weighted by molar-refractivity contribution is 0.0653. The van der Waals surface area contributed by atoms with Crippen molar-refractivity contribution in [2.24, 2.45) is 5.84 Å². The molecule has 1 fully saturated rings. The zero-order valence-corrected chi connectivity index (χ0v) is 11.3. The Morgan fingerprint density at radius 1 is 1.44 bits per heavy atom. The monoisotopic (exact) mass is 247 g/mol. The van der Waals surface area contributed by atoms with E-state index in [1.165, 1.54) is 0 Å². The molecule has 3 N–H and O–H groups in total. The van der Waals surface area contributed by atoms with Crippen molar-refractivity contribution in [3.63, 3.8) is 0 Å². The summed E-state index contributed by atoms with van der Waals surface area (Å²) >= 11 is 0. The van der Waals surface area contributed by atoms with Gasteiger partial charge in [0.1, 0.15) is 0 Å². The zero-order chi connectivity index (χ0) is 13.3. The number of hydrogen-bond acceptors (Lipinski definition) is 3. The smallest absolute Gasteiger partial charge is 0.256 e. The molecule has 0 radical (unpaired) electrons. The van der Waals surface area contributed by atoms with Crippen molar-refractivity contribution in [2.45, 2.75) is 39.2 Å². The van der Waals surface area contributed by atoms with Crippen LogP contribution in [0.4, 0.5) is 5.69 Å². The second-order valence-corrected chi connectivity index (χ2v) is 5.57. The zero-order valence-electron chi connectivity index (χ0n) is 11.3. The van der Waals surface area contributed by atoms with E-state index in [2.05, 4.69) is 19.3 Å². The van der Waals surface area contributed by atoms with Crippen molar-refractivity contribution in [2.75, 3.05) is 12.0 Å². The molecule has 0 spiro atoms. The lowest BCUT2D eigenvalue weighted by Gasteiger charge is -2.32. The molecule has 0 saturated carbocycles. The van der Waals surface area contributed by atoms with E-state index >= 15 is 0 Å². The van der Waals surface area contributed by atoms with Gasteiger partial charge in [-0.25, -0.2) is 0 Å². The molecule has 1 saturated heterocycles. The van der Waals surface area contributed by atoms with Gasteiger partial charge in [-0.2, -0.15) is 0 Å². The van der Waals surface area contributed by atoms with Crippen molar-refractivity contribution < 1.29 is 4.79 Å². The summed E-state index contributed by atoms with van der Waals surface area (Å²) in [6.45, 7) is 7.03. The number of aryl methyl sites for hydroxylation is 1. The molecular formula is C14H21N3O. The van der Waals surface area contributed by atoms with Gasteiger partial charge in [-0.05, 0) is 51.3 Å². The third-order valence-electron chi connectivity index (χ3n) is 3.71. The molecule has 0 bridgehead atoms. The number of hydrazine groups is 1. The van der Waals surface area contributed by atoms with Crippen molar-refractivity contribution >= 4 is 11.6 Å². The van der Waals surface area contributed by atoms with Crippen molar-refractivity contribution in [3.8, 4) is 0 Å². The number of nitrogen functional groups attached to an aromatic ring is 1. The van der Waals surface area contributed by atoms with Crippen LogP contribution in [0.15, 0.2) is 18.2 Å². The maximum atomic E-state index is 12.6. The Morgan fingerprint density at radius 3 is 2.72 bits per heavy atom. The highest BCUT2D eigenvalue weighted by Gasteiger charge is 2.36. The van der Waals surface area contributed by atoms with Crippen molar-refractivity contribution in [1.82, 2.24) is 4.90 Å². The van der Waals surface area contributed by atoms with Crippen LogP contribution >= 0.6 is 0 Å². The summed E-state index contributed by atoms with van der Waals surface area (Å²) < 4.78 is 0. The number of anilines is 1. The quantitative estimate of drug-likeness (QED) is 0.622. The minimum atomic E-state index is -0.0617. The van der Waals surface area contributed by atoms with Crippen LogP contribution in [0.25, 0.3) is 0 Å². The molecule has 18 heavy (non-hydrogen) atoms. The number of benzene rings is 1. The van der Waals surface area contributed by atoms with E-state index in [0.29, 0.717) is 11.3 Å². The van der Waals surface area contributed by atoms with Crippen LogP contribution in [-0.2, 0) is 0 Å². The third kappa shape index (κ3) is 2.20. The SMILES string of the molecule is Cc1ccc(C(=O)N2CCCC2(C)C)c(NN)c1. The molecule has 1 amide bonds. The Hall–Kier alpha value is -1.55. The van der Waals surface area contributed by atoms with Gasteiger partial charge in [0, 0.05) is 12.1 Å². The molecule has 98 valence electrons. The van der Waals surface area contributed by atoms with Gasteiger partial charge in [0.15, 0.2) is 0 Å². The van der Waals surface area contributed by atoms with Gasteiger partial charge in [-0.3, -0.25) is 10.6 Å². The number of nitrogens with two attached hydrogens (primary N) is 1. The normalized spacial score (nSPS) is 17.9. The summed E-state index contributed by atoms with van der Waals surface area (Å²) in [5.74, 6) is 5.56. The highest BCUT2D eigenvalue weighted by atomic mass is 16.2. The number of carbonyl (C=O) groups is 1. The predicted octanol–water partition coefficient (Wildman–Crippen LogP) is 2.30. The van der Waals surface area contributed by atoms with Crippen LogP contribution in [0, 0.1) is 6.92 Å². The van der Waals surface area contributed by atoms with Gasteiger partial charge in [-0.15, -0.1) is 0 Å².